The fourth-order valence-electron chi connectivity index (χ4n) is 4.33. The van der Waals surface area contributed by atoms with Crippen molar-refractivity contribution in [3.8, 4) is 11.5 Å². The number of hydrogen-bond acceptors (Lipinski definition) is 5. The summed E-state index contributed by atoms with van der Waals surface area (Å²) in [5, 5.41) is 10.9. The zero-order valence-electron chi connectivity index (χ0n) is 19.3. The van der Waals surface area contributed by atoms with Crippen LogP contribution in [0.2, 0.25) is 0 Å². The summed E-state index contributed by atoms with van der Waals surface area (Å²) in [7, 11) is 0. The average molecular weight is 486 g/mol. The fourth-order valence-corrected chi connectivity index (χ4v) is 4.33. The van der Waals surface area contributed by atoms with Crippen LogP contribution < -0.4 is 10.1 Å². The Labute approximate surface area is 207 Å². The minimum absolute atomic E-state index is 0.0340. The molecule has 4 aromatic rings. The summed E-state index contributed by atoms with van der Waals surface area (Å²) in [6.45, 7) is 0.403. The molecule has 2 amide bonds. The molecule has 1 N–H and O–H groups in total. The molecule has 1 aliphatic heterocycles. The Morgan fingerprint density at radius 1 is 0.917 bits per heavy atom. The number of nitrogens with one attached hydrogen (secondary N) is 1. The number of rotatable bonds is 7. The standard InChI is InChI=1S/C27H24FN5O3/c28-21-6-10-23(11-7-21)36-24-12-8-22(9-13-24)31-27(35)25-16-20(19-4-2-1-3-5-19)17-32(25)26(34)18-33-29-14-15-30-33/h1-15,20,25H,16-18H2,(H,31,35)/t20-,25+/m1/s1. The summed E-state index contributed by atoms with van der Waals surface area (Å²) in [5.41, 5.74) is 1.67. The van der Waals surface area contributed by atoms with Crippen molar-refractivity contribution in [3.05, 3.63) is 103 Å². The SMILES string of the molecule is O=C(Nc1ccc(Oc2ccc(F)cc2)cc1)[C@@H]1C[C@@H](c2ccccc2)CN1C(=O)Cn1nccn1. The van der Waals surface area contributed by atoms with E-state index in [1.807, 2.05) is 30.3 Å². The van der Waals surface area contributed by atoms with E-state index in [1.54, 1.807) is 41.3 Å². The molecule has 0 saturated carbocycles. The lowest BCUT2D eigenvalue weighted by molar-refractivity contribution is -0.137. The lowest BCUT2D eigenvalue weighted by atomic mass is 9.96. The Balaban J connectivity index is 1.28. The Kier molecular flexibility index (Phi) is 6.70. The van der Waals surface area contributed by atoms with Crippen molar-refractivity contribution in [2.75, 3.05) is 11.9 Å². The number of halogens is 1. The highest BCUT2D eigenvalue weighted by Gasteiger charge is 2.40. The van der Waals surface area contributed by atoms with E-state index in [2.05, 4.69) is 15.5 Å². The van der Waals surface area contributed by atoms with Gasteiger partial charge in [0.15, 0.2) is 0 Å². The Morgan fingerprint density at radius 2 is 1.56 bits per heavy atom. The highest BCUT2D eigenvalue weighted by atomic mass is 19.1. The maximum absolute atomic E-state index is 13.3. The molecule has 36 heavy (non-hydrogen) atoms. The van der Waals surface area contributed by atoms with Crippen LogP contribution in [0.3, 0.4) is 0 Å². The van der Waals surface area contributed by atoms with Crippen LogP contribution in [0.5, 0.6) is 11.5 Å². The van der Waals surface area contributed by atoms with E-state index in [9.17, 15) is 14.0 Å². The largest absolute Gasteiger partial charge is 0.457 e. The maximum Gasteiger partial charge on any atom is 0.247 e. The number of carbonyl (C=O) groups is 2. The van der Waals surface area contributed by atoms with Crippen molar-refractivity contribution in [2.45, 2.75) is 24.9 Å². The maximum atomic E-state index is 13.3. The quantitative estimate of drug-likeness (QED) is 0.423. The van der Waals surface area contributed by atoms with Crippen LogP contribution in [0.15, 0.2) is 91.3 Å². The molecular formula is C27H24FN5O3. The summed E-state index contributed by atoms with van der Waals surface area (Å²) >= 11 is 0. The molecule has 8 nitrogen and oxygen atoms in total. The second-order valence-electron chi connectivity index (χ2n) is 8.53. The molecule has 1 fully saturated rings. The highest BCUT2D eigenvalue weighted by molar-refractivity contribution is 5.97. The molecular weight excluding hydrogens is 461 g/mol. The number of aromatic nitrogens is 3. The van der Waals surface area contributed by atoms with Gasteiger partial charge in [0, 0.05) is 18.2 Å². The Morgan fingerprint density at radius 3 is 2.22 bits per heavy atom. The second-order valence-corrected chi connectivity index (χ2v) is 8.53. The van der Waals surface area contributed by atoms with Crippen molar-refractivity contribution in [1.82, 2.24) is 19.9 Å². The van der Waals surface area contributed by atoms with Crippen molar-refractivity contribution in [2.24, 2.45) is 0 Å². The molecule has 1 aliphatic rings. The minimum atomic E-state index is -0.631. The highest BCUT2D eigenvalue weighted by Crippen LogP contribution is 2.33. The molecule has 0 bridgehead atoms. The monoisotopic (exact) mass is 485 g/mol. The van der Waals surface area contributed by atoms with Gasteiger partial charge in [0.1, 0.15) is 29.9 Å². The summed E-state index contributed by atoms with van der Waals surface area (Å²) in [6, 6.07) is 21.9. The topological polar surface area (TPSA) is 89.4 Å². The number of benzene rings is 3. The van der Waals surface area contributed by atoms with Crippen molar-refractivity contribution in [3.63, 3.8) is 0 Å². The van der Waals surface area contributed by atoms with E-state index in [-0.39, 0.29) is 30.1 Å². The van der Waals surface area contributed by atoms with E-state index in [0.29, 0.717) is 30.2 Å². The molecule has 1 aromatic heterocycles. The molecule has 3 aromatic carbocycles. The average Bonchev–Trinajstić information content (AvgIpc) is 3.58. The first-order valence-electron chi connectivity index (χ1n) is 11.6. The van der Waals surface area contributed by atoms with Gasteiger partial charge >= 0.3 is 0 Å². The molecule has 5 rings (SSSR count). The van der Waals surface area contributed by atoms with E-state index < -0.39 is 6.04 Å². The van der Waals surface area contributed by atoms with Gasteiger partial charge in [-0.3, -0.25) is 9.59 Å². The molecule has 9 heteroatoms. The third-order valence-corrected chi connectivity index (χ3v) is 6.11. The number of anilines is 1. The first kappa shape index (κ1) is 23.2. The smallest absolute Gasteiger partial charge is 0.247 e. The third kappa shape index (κ3) is 5.41. The molecule has 182 valence electrons. The van der Waals surface area contributed by atoms with Gasteiger partial charge in [-0.05, 0) is 60.5 Å². The number of likely N-dealkylation sites (tertiary alicyclic amines) is 1. The van der Waals surface area contributed by atoms with Gasteiger partial charge in [0.25, 0.3) is 0 Å². The van der Waals surface area contributed by atoms with E-state index in [1.165, 1.54) is 29.3 Å². The summed E-state index contributed by atoms with van der Waals surface area (Å²) in [5.74, 6) is 0.286. The zero-order chi connectivity index (χ0) is 24.9. The van der Waals surface area contributed by atoms with Crippen molar-refractivity contribution in [1.29, 1.82) is 0 Å². The Bertz CT molecular complexity index is 1310. The van der Waals surface area contributed by atoms with E-state index >= 15 is 0 Å². The first-order chi connectivity index (χ1) is 17.5. The molecule has 0 spiro atoms. The van der Waals surface area contributed by atoms with Gasteiger partial charge in [-0.25, -0.2) is 4.39 Å². The van der Waals surface area contributed by atoms with Crippen LogP contribution in [0, 0.1) is 5.82 Å². The van der Waals surface area contributed by atoms with Gasteiger partial charge in [-0.1, -0.05) is 30.3 Å². The van der Waals surface area contributed by atoms with Crippen LogP contribution in [0.25, 0.3) is 0 Å². The van der Waals surface area contributed by atoms with Crippen LogP contribution in [-0.4, -0.2) is 44.3 Å². The van der Waals surface area contributed by atoms with E-state index in [4.69, 9.17) is 4.74 Å². The third-order valence-electron chi connectivity index (χ3n) is 6.11. The molecule has 2 atom stereocenters. The number of amides is 2. The first-order valence-corrected chi connectivity index (χ1v) is 11.6. The van der Waals surface area contributed by atoms with Crippen molar-refractivity contribution >= 4 is 17.5 Å². The molecule has 0 unspecified atom stereocenters. The molecule has 0 radical (unpaired) electrons. The Hall–Kier alpha value is -4.53. The molecule has 1 saturated heterocycles. The van der Waals surface area contributed by atoms with Crippen LogP contribution in [0.4, 0.5) is 10.1 Å². The predicted octanol–water partition coefficient (Wildman–Crippen LogP) is 4.23. The minimum Gasteiger partial charge on any atom is -0.457 e. The lowest BCUT2D eigenvalue weighted by Gasteiger charge is -2.23. The second kappa shape index (κ2) is 10.4. The normalized spacial score (nSPS) is 17.1. The van der Waals surface area contributed by atoms with Gasteiger partial charge in [-0.15, -0.1) is 0 Å². The summed E-state index contributed by atoms with van der Waals surface area (Å²) in [4.78, 5) is 29.3. The summed E-state index contributed by atoms with van der Waals surface area (Å²) in [6.07, 6.45) is 3.54. The van der Waals surface area contributed by atoms with Crippen molar-refractivity contribution < 1.29 is 18.7 Å². The van der Waals surface area contributed by atoms with Crippen LogP contribution >= 0.6 is 0 Å². The number of hydrogen-bond donors (Lipinski definition) is 1. The number of carbonyl (C=O) groups excluding carboxylic acids is 2. The fraction of sp³-hybridized carbons (Fsp3) is 0.185. The lowest BCUT2D eigenvalue weighted by Crippen LogP contribution is -2.44. The molecule has 0 aliphatic carbocycles. The number of nitrogens with zero attached hydrogens (tertiary/aromatic N) is 4. The van der Waals surface area contributed by atoms with Gasteiger partial charge in [-0.2, -0.15) is 15.0 Å². The predicted molar refractivity (Wildman–Crippen MR) is 131 cm³/mol. The summed E-state index contributed by atoms with van der Waals surface area (Å²) < 4.78 is 18.8. The van der Waals surface area contributed by atoms with Crippen LogP contribution in [0.1, 0.15) is 17.9 Å². The van der Waals surface area contributed by atoms with Gasteiger partial charge in [0.2, 0.25) is 11.8 Å². The van der Waals surface area contributed by atoms with Gasteiger partial charge in [0.05, 0.1) is 12.4 Å². The zero-order valence-corrected chi connectivity index (χ0v) is 19.3. The number of ether oxygens (including phenoxy) is 1. The van der Waals surface area contributed by atoms with E-state index in [0.717, 1.165) is 5.56 Å². The van der Waals surface area contributed by atoms with Crippen LogP contribution in [-0.2, 0) is 16.1 Å². The molecule has 2 heterocycles. The van der Waals surface area contributed by atoms with Gasteiger partial charge < -0.3 is 15.0 Å².